The smallest absolute Gasteiger partial charge is 0.230 e. The zero-order valence-electron chi connectivity index (χ0n) is 12.3. The van der Waals surface area contributed by atoms with Gasteiger partial charge in [-0.05, 0) is 45.1 Å². The average Bonchev–Trinajstić information content (AvgIpc) is 2.40. The van der Waals surface area contributed by atoms with Crippen molar-refractivity contribution in [2.24, 2.45) is 0 Å². The summed E-state index contributed by atoms with van der Waals surface area (Å²) in [6.07, 6.45) is 4.40. The van der Waals surface area contributed by atoms with Crippen LogP contribution in [0, 0.1) is 0 Å². The molecule has 1 aromatic carbocycles. The van der Waals surface area contributed by atoms with Crippen LogP contribution in [0.5, 0.6) is 0 Å². The van der Waals surface area contributed by atoms with Crippen molar-refractivity contribution < 1.29 is 4.79 Å². The van der Waals surface area contributed by atoms with Crippen molar-refractivity contribution in [1.29, 1.82) is 0 Å². The first-order valence-corrected chi connectivity index (χ1v) is 7.52. The predicted molar refractivity (Wildman–Crippen MR) is 79.1 cm³/mol. The van der Waals surface area contributed by atoms with Crippen LogP contribution in [0.25, 0.3) is 0 Å². The van der Waals surface area contributed by atoms with E-state index in [1.165, 1.54) is 6.42 Å². The zero-order chi connectivity index (χ0) is 13.8. The third-order valence-corrected chi connectivity index (χ3v) is 4.36. The molecule has 3 unspecified atom stereocenters. The summed E-state index contributed by atoms with van der Waals surface area (Å²) in [6.45, 7) is 6.48. The monoisotopic (exact) mass is 259 g/mol. The molecule has 1 aliphatic heterocycles. The van der Waals surface area contributed by atoms with Crippen molar-refractivity contribution in [3.63, 3.8) is 0 Å². The van der Waals surface area contributed by atoms with Gasteiger partial charge in [-0.25, -0.2) is 0 Å². The van der Waals surface area contributed by atoms with Crippen LogP contribution in [0.3, 0.4) is 0 Å². The molecular weight excluding hydrogens is 234 g/mol. The fourth-order valence-corrected chi connectivity index (χ4v) is 3.27. The van der Waals surface area contributed by atoms with Crippen LogP contribution in [0.15, 0.2) is 30.3 Å². The maximum atomic E-state index is 12.9. The van der Waals surface area contributed by atoms with E-state index in [4.69, 9.17) is 0 Å². The van der Waals surface area contributed by atoms with Gasteiger partial charge in [0.15, 0.2) is 0 Å². The lowest BCUT2D eigenvalue weighted by atomic mass is 9.90. The number of hydrogen-bond acceptors (Lipinski definition) is 1. The van der Waals surface area contributed by atoms with Gasteiger partial charge >= 0.3 is 0 Å². The van der Waals surface area contributed by atoms with Crippen molar-refractivity contribution in [3.8, 4) is 0 Å². The lowest BCUT2D eigenvalue weighted by molar-refractivity contribution is -0.139. The molecule has 2 rings (SSSR count). The molecule has 0 N–H and O–H groups in total. The Labute approximate surface area is 116 Å². The molecule has 1 heterocycles. The highest BCUT2D eigenvalue weighted by Crippen LogP contribution is 2.29. The largest absolute Gasteiger partial charge is 0.337 e. The third kappa shape index (κ3) is 2.99. The van der Waals surface area contributed by atoms with Crippen LogP contribution >= 0.6 is 0 Å². The molecule has 1 amide bonds. The summed E-state index contributed by atoms with van der Waals surface area (Å²) in [4.78, 5) is 15.0. The van der Waals surface area contributed by atoms with Crippen LogP contribution in [0.2, 0.25) is 0 Å². The summed E-state index contributed by atoms with van der Waals surface area (Å²) < 4.78 is 0. The third-order valence-electron chi connectivity index (χ3n) is 4.36. The Balaban J connectivity index is 2.21. The second kappa shape index (κ2) is 6.23. The number of amides is 1. The number of rotatable bonds is 3. The van der Waals surface area contributed by atoms with Crippen LogP contribution in [0.1, 0.15) is 57.9 Å². The van der Waals surface area contributed by atoms with Gasteiger partial charge in [0.2, 0.25) is 5.91 Å². The van der Waals surface area contributed by atoms with E-state index in [9.17, 15) is 4.79 Å². The summed E-state index contributed by atoms with van der Waals surface area (Å²) in [6, 6.07) is 11.0. The predicted octanol–water partition coefficient (Wildman–Crippen LogP) is 3.97. The minimum absolute atomic E-state index is 0.0178. The van der Waals surface area contributed by atoms with Crippen molar-refractivity contribution in [2.75, 3.05) is 0 Å². The molecule has 0 bridgehead atoms. The molecule has 0 saturated carbocycles. The number of likely N-dealkylation sites (tertiary alicyclic amines) is 1. The average molecular weight is 259 g/mol. The molecule has 3 atom stereocenters. The van der Waals surface area contributed by atoms with Gasteiger partial charge in [-0.1, -0.05) is 37.3 Å². The maximum absolute atomic E-state index is 12.9. The molecule has 0 spiro atoms. The van der Waals surface area contributed by atoms with Gasteiger partial charge in [-0.3, -0.25) is 4.79 Å². The molecule has 0 aliphatic carbocycles. The first-order valence-electron chi connectivity index (χ1n) is 7.52. The quantitative estimate of drug-likeness (QED) is 0.804. The molecular formula is C17H25NO. The molecule has 1 fully saturated rings. The Hall–Kier alpha value is -1.31. The SMILES string of the molecule is CCC(C(=O)N1C(C)CCCC1C)c1ccccc1. The lowest BCUT2D eigenvalue weighted by Gasteiger charge is -2.41. The number of carbonyl (C=O) groups excluding carboxylic acids is 1. The molecule has 1 aromatic rings. The Bertz CT molecular complexity index is 405. The standard InChI is InChI=1S/C17H25NO/c1-4-16(15-11-6-5-7-12-15)17(19)18-13(2)9-8-10-14(18)3/h5-7,11-14,16H,4,8-10H2,1-3H3. The van der Waals surface area contributed by atoms with Crippen molar-refractivity contribution in [1.82, 2.24) is 4.90 Å². The van der Waals surface area contributed by atoms with Gasteiger partial charge in [0.25, 0.3) is 0 Å². The van der Waals surface area contributed by atoms with Crippen molar-refractivity contribution in [3.05, 3.63) is 35.9 Å². The van der Waals surface area contributed by atoms with E-state index in [1.54, 1.807) is 0 Å². The number of hydrogen-bond donors (Lipinski definition) is 0. The van der Waals surface area contributed by atoms with E-state index in [0.29, 0.717) is 18.0 Å². The lowest BCUT2D eigenvalue weighted by Crippen LogP contribution is -2.49. The molecule has 19 heavy (non-hydrogen) atoms. The van der Waals surface area contributed by atoms with Gasteiger partial charge in [-0.2, -0.15) is 0 Å². The second-order valence-electron chi connectivity index (χ2n) is 5.75. The molecule has 1 saturated heterocycles. The van der Waals surface area contributed by atoms with E-state index in [-0.39, 0.29) is 5.92 Å². The molecule has 2 nitrogen and oxygen atoms in total. The molecule has 104 valence electrons. The number of carbonyl (C=O) groups is 1. The van der Waals surface area contributed by atoms with Gasteiger partial charge in [0.1, 0.15) is 0 Å². The van der Waals surface area contributed by atoms with E-state index in [2.05, 4.69) is 37.8 Å². The first kappa shape index (κ1) is 14.1. The van der Waals surface area contributed by atoms with E-state index >= 15 is 0 Å². The Morgan fingerprint density at radius 3 is 2.32 bits per heavy atom. The van der Waals surface area contributed by atoms with E-state index < -0.39 is 0 Å². The molecule has 0 radical (unpaired) electrons. The fraction of sp³-hybridized carbons (Fsp3) is 0.588. The van der Waals surface area contributed by atoms with E-state index in [0.717, 1.165) is 24.8 Å². The summed E-state index contributed by atoms with van der Waals surface area (Å²) in [5, 5.41) is 0. The maximum Gasteiger partial charge on any atom is 0.230 e. The highest BCUT2D eigenvalue weighted by molar-refractivity contribution is 5.84. The molecule has 0 aromatic heterocycles. The highest BCUT2D eigenvalue weighted by atomic mass is 16.2. The van der Waals surface area contributed by atoms with Crippen LogP contribution < -0.4 is 0 Å². The zero-order valence-corrected chi connectivity index (χ0v) is 12.3. The van der Waals surface area contributed by atoms with Crippen LogP contribution in [-0.4, -0.2) is 22.9 Å². The Morgan fingerprint density at radius 1 is 1.21 bits per heavy atom. The van der Waals surface area contributed by atoms with Crippen LogP contribution in [-0.2, 0) is 4.79 Å². The topological polar surface area (TPSA) is 20.3 Å². The summed E-state index contributed by atoms with van der Waals surface area (Å²) in [5.41, 5.74) is 1.15. The normalized spacial score (nSPS) is 25.1. The summed E-state index contributed by atoms with van der Waals surface area (Å²) >= 11 is 0. The van der Waals surface area contributed by atoms with Gasteiger partial charge in [0.05, 0.1) is 5.92 Å². The minimum atomic E-state index is 0.0178. The number of piperidine rings is 1. The van der Waals surface area contributed by atoms with Crippen molar-refractivity contribution >= 4 is 5.91 Å². The van der Waals surface area contributed by atoms with E-state index in [1.807, 2.05) is 18.2 Å². The molecule has 1 aliphatic rings. The van der Waals surface area contributed by atoms with Crippen LogP contribution in [0.4, 0.5) is 0 Å². The highest BCUT2D eigenvalue weighted by Gasteiger charge is 2.33. The minimum Gasteiger partial charge on any atom is -0.337 e. The summed E-state index contributed by atoms with van der Waals surface area (Å²) in [7, 11) is 0. The van der Waals surface area contributed by atoms with Crippen molar-refractivity contribution in [2.45, 2.75) is 64.5 Å². The van der Waals surface area contributed by atoms with Gasteiger partial charge in [-0.15, -0.1) is 0 Å². The Kier molecular flexibility index (Phi) is 4.62. The second-order valence-corrected chi connectivity index (χ2v) is 5.75. The number of benzene rings is 1. The van der Waals surface area contributed by atoms with Gasteiger partial charge in [0, 0.05) is 12.1 Å². The fourth-order valence-electron chi connectivity index (χ4n) is 3.27. The summed E-state index contributed by atoms with van der Waals surface area (Å²) in [5.74, 6) is 0.331. The first-order chi connectivity index (χ1) is 9.15. The molecule has 2 heteroatoms. The Morgan fingerprint density at radius 2 is 1.79 bits per heavy atom. The van der Waals surface area contributed by atoms with Gasteiger partial charge < -0.3 is 4.90 Å². The number of nitrogens with zero attached hydrogens (tertiary/aromatic N) is 1.